The molecule has 3 heterocycles. The second-order valence-corrected chi connectivity index (χ2v) is 9.72. The highest BCUT2D eigenvalue weighted by atomic mass is 32.1. The molecule has 156 valence electrons. The number of carbonyl (C=O) groups excluding carboxylic acids is 1. The Morgan fingerprint density at radius 1 is 1.34 bits per heavy atom. The van der Waals surface area contributed by atoms with Crippen LogP contribution in [0.15, 0.2) is 22.9 Å². The third-order valence-electron chi connectivity index (χ3n) is 6.48. The van der Waals surface area contributed by atoms with Crippen molar-refractivity contribution in [3.05, 3.63) is 34.7 Å². The lowest BCUT2D eigenvalue weighted by Gasteiger charge is -2.38. The molecule has 0 unspecified atom stereocenters. The van der Waals surface area contributed by atoms with E-state index >= 15 is 0 Å². The Bertz CT molecular complexity index is 835. The fourth-order valence-corrected chi connectivity index (χ4v) is 5.31. The van der Waals surface area contributed by atoms with Crippen LogP contribution >= 0.6 is 11.5 Å². The highest BCUT2D eigenvalue weighted by Gasteiger charge is 2.43. The summed E-state index contributed by atoms with van der Waals surface area (Å²) in [6.07, 6.45) is 6.32. The number of rotatable bonds is 7. The lowest BCUT2D eigenvalue weighted by atomic mass is 9.77. The predicted molar refractivity (Wildman–Crippen MR) is 109 cm³/mol. The van der Waals surface area contributed by atoms with Crippen LogP contribution in [0.25, 0.3) is 0 Å². The SMILES string of the molecule is Cc1cc(CN2C[C@H]3C[C@H](OCC4CC4)[C@@H](NC(=O)c4ccns4)C[C@H]3C2)no1. The van der Waals surface area contributed by atoms with Crippen LogP contribution in [-0.4, -0.2) is 52.2 Å². The summed E-state index contributed by atoms with van der Waals surface area (Å²) < 4.78 is 15.6. The summed E-state index contributed by atoms with van der Waals surface area (Å²) in [6.45, 7) is 5.69. The van der Waals surface area contributed by atoms with Gasteiger partial charge in [-0.25, -0.2) is 4.37 Å². The van der Waals surface area contributed by atoms with E-state index in [2.05, 4.69) is 19.7 Å². The molecule has 1 N–H and O–H groups in total. The highest BCUT2D eigenvalue weighted by molar-refractivity contribution is 7.08. The zero-order valence-electron chi connectivity index (χ0n) is 16.8. The molecule has 3 aliphatic rings. The Labute approximate surface area is 174 Å². The van der Waals surface area contributed by atoms with Gasteiger partial charge >= 0.3 is 0 Å². The van der Waals surface area contributed by atoms with Gasteiger partial charge in [-0.3, -0.25) is 9.69 Å². The summed E-state index contributed by atoms with van der Waals surface area (Å²) in [5.74, 6) is 2.75. The number of hydrogen-bond donors (Lipinski definition) is 1. The van der Waals surface area contributed by atoms with Crippen LogP contribution in [0.3, 0.4) is 0 Å². The van der Waals surface area contributed by atoms with E-state index in [1.807, 2.05) is 13.0 Å². The number of hydrogen-bond acceptors (Lipinski definition) is 7. The summed E-state index contributed by atoms with van der Waals surface area (Å²) in [4.78, 5) is 15.8. The molecule has 29 heavy (non-hydrogen) atoms. The summed E-state index contributed by atoms with van der Waals surface area (Å²) in [5, 5.41) is 7.40. The van der Waals surface area contributed by atoms with E-state index in [-0.39, 0.29) is 18.1 Å². The Morgan fingerprint density at radius 2 is 2.17 bits per heavy atom. The van der Waals surface area contributed by atoms with Gasteiger partial charge in [0.1, 0.15) is 10.6 Å². The maximum absolute atomic E-state index is 12.6. The standard InChI is InChI=1S/C21H28N4O3S/c1-13-6-17(24-28-13)11-25-9-15-7-18(23-21(26)20-4-5-22-29-20)19(8-16(15)10-25)27-12-14-2-3-14/h4-6,14-16,18-19H,2-3,7-12H2,1H3,(H,23,26)/t15-,16+,18-,19-/m0/s1. The van der Waals surface area contributed by atoms with Gasteiger partial charge in [0, 0.05) is 38.5 Å². The van der Waals surface area contributed by atoms with E-state index in [0.29, 0.717) is 16.7 Å². The molecule has 5 rings (SSSR count). The van der Waals surface area contributed by atoms with Crippen molar-refractivity contribution in [1.82, 2.24) is 19.7 Å². The van der Waals surface area contributed by atoms with Crippen molar-refractivity contribution < 1.29 is 14.1 Å². The third-order valence-corrected chi connectivity index (χ3v) is 7.22. The van der Waals surface area contributed by atoms with Crippen LogP contribution in [0.4, 0.5) is 0 Å². The maximum Gasteiger partial charge on any atom is 0.263 e. The molecule has 0 aromatic carbocycles. The van der Waals surface area contributed by atoms with Crippen molar-refractivity contribution in [2.24, 2.45) is 17.8 Å². The number of fused-ring (bicyclic) bond motifs is 1. The average Bonchev–Trinajstić information content (AvgIpc) is 3.07. The zero-order chi connectivity index (χ0) is 19.8. The van der Waals surface area contributed by atoms with Gasteiger partial charge in [0.15, 0.2) is 0 Å². The fraction of sp³-hybridized carbons (Fsp3) is 0.667. The number of nitrogens with one attached hydrogen (secondary N) is 1. The third kappa shape index (κ3) is 4.54. The molecule has 7 nitrogen and oxygen atoms in total. The van der Waals surface area contributed by atoms with E-state index in [1.165, 1.54) is 24.4 Å². The van der Waals surface area contributed by atoms with Crippen LogP contribution in [0.1, 0.15) is 46.8 Å². The van der Waals surface area contributed by atoms with Crippen LogP contribution in [0, 0.1) is 24.7 Å². The molecule has 2 aromatic heterocycles. The first-order valence-electron chi connectivity index (χ1n) is 10.6. The van der Waals surface area contributed by atoms with Gasteiger partial charge in [0.25, 0.3) is 5.91 Å². The lowest BCUT2D eigenvalue weighted by Crippen LogP contribution is -2.50. The Balaban J connectivity index is 1.24. The molecule has 1 aliphatic heterocycles. The lowest BCUT2D eigenvalue weighted by molar-refractivity contribution is -0.0211. The number of likely N-dealkylation sites (tertiary alicyclic amines) is 1. The first-order chi connectivity index (χ1) is 14.1. The topological polar surface area (TPSA) is 80.5 Å². The van der Waals surface area contributed by atoms with Crippen LogP contribution in [-0.2, 0) is 11.3 Å². The number of amides is 1. The first kappa shape index (κ1) is 19.2. The molecule has 1 amide bonds. The van der Waals surface area contributed by atoms with Crippen molar-refractivity contribution in [1.29, 1.82) is 0 Å². The smallest absolute Gasteiger partial charge is 0.263 e. The van der Waals surface area contributed by atoms with Crippen molar-refractivity contribution in [3.8, 4) is 0 Å². The summed E-state index contributed by atoms with van der Waals surface area (Å²) in [6, 6.07) is 3.86. The van der Waals surface area contributed by atoms with E-state index in [1.54, 1.807) is 12.3 Å². The Hall–Kier alpha value is -1.77. The molecule has 0 spiro atoms. The van der Waals surface area contributed by atoms with Crippen molar-refractivity contribution in [3.63, 3.8) is 0 Å². The average molecular weight is 417 g/mol. The van der Waals surface area contributed by atoms with Crippen LogP contribution in [0.5, 0.6) is 0 Å². The molecule has 4 atom stereocenters. The molecular weight excluding hydrogens is 388 g/mol. The Morgan fingerprint density at radius 3 is 2.86 bits per heavy atom. The Kier molecular flexibility index (Phi) is 5.41. The fourth-order valence-electron chi connectivity index (χ4n) is 4.81. The van der Waals surface area contributed by atoms with Crippen molar-refractivity contribution >= 4 is 17.4 Å². The first-order valence-corrected chi connectivity index (χ1v) is 11.4. The summed E-state index contributed by atoms with van der Waals surface area (Å²) in [5.41, 5.74) is 0.998. The van der Waals surface area contributed by atoms with Crippen molar-refractivity contribution in [2.45, 2.75) is 51.3 Å². The van der Waals surface area contributed by atoms with Gasteiger partial charge in [-0.05, 0) is 68.0 Å². The minimum absolute atomic E-state index is 0.0242. The van der Waals surface area contributed by atoms with Gasteiger partial charge in [0.05, 0.1) is 17.8 Å². The minimum Gasteiger partial charge on any atom is -0.376 e. The van der Waals surface area contributed by atoms with E-state index in [0.717, 1.165) is 56.5 Å². The monoisotopic (exact) mass is 416 g/mol. The summed E-state index contributed by atoms with van der Waals surface area (Å²) in [7, 11) is 0. The highest BCUT2D eigenvalue weighted by Crippen LogP contribution is 2.39. The van der Waals surface area contributed by atoms with E-state index in [9.17, 15) is 4.79 Å². The molecule has 2 saturated carbocycles. The number of nitrogens with zero attached hydrogens (tertiary/aromatic N) is 3. The quantitative estimate of drug-likeness (QED) is 0.748. The molecule has 8 heteroatoms. The van der Waals surface area contributed by atoms with Gasteiger partial charge in [-0.2, -0.15) is 0 Å². The number of aryl methyl sites for hydroxylation is 1. The number of ether oxygens (including phenoxy) is 1. The normalized spacial score (nSPS) is 29.7. The van der Waals surface area contributed by atoms with Gasteiger partial charge in [-0.1, -0.05) is 5.16 Å². The largest absolute Gasteiger partial charge is 0.376 e. The van der Waals surface area contributed by atoms with Gasteiger partial charge in [-0.15, -0.1) is 0 Å². The molecule has 1 saturated heterocycles. The molecule has 0 bridgehead atoms. The van der Waals surface area contributed by atoms with Gasteiger partial charge in [0.2, 0.25) is 0 Å². The summed E-state index contributed by atoms with van der Waals surface area (Å²) >= 11 is 1.25. The molecule has 2 aromatic rings. The van der Waals surface area contributed by atoms with E-state index < -0.39 is 0 Å². The minimum atomic E-state index is -0.0242. The molecule has 3 fully saturated rings. The zero-order valence-corrected chi connectivity index (χ0v) is 17.6. The molecule has 0 radical (unpaired) electrons. The van der Waals surface area contributed by atoms with Gasteiger partial charge < -0.3 is 14.6 Å². The molecule has 2 aliphatic carbocycles. The van der Waals surface area contributed by atoms with Crippen LogP contribution < -0.4 is 5.32 Å². The van der Waals surface area contributed by atoms with E-state index in [4.69, 9.17) is 9.26 Å². The number of aromatic nitrogens is 2. The second kappa shape index (κ2) is 8.16. The van der Waals surface area contributed by atoms with Crippen LogP contribution in [0.2, 0.25) is 0 Å². The predicted octanol–water partition coefficient (Wildman–Crippen LogP) is 2.88. The molecular formula is C21H28N4O3S. The van der Waals surface area contributed by atoms with Crippen molar-refractivity contribution in [2.75, 3.05) is 19.7 Å². The second-order valence-electron chi connectivity index (χ2n) is 8.89. The number of carbonyl (C=O) groups is 1. The maximum atomic E-state index is 12.6.